The third-order valence-electron chi connectivity index (χ3n) is 5.45. The zero-order chi connectivity index (χ0) is 22.0. The average Bonchev–Trinajstić information content (AvgIpc) is 3.34. The molecular formula is C21H25N5O5. The molecule has 0 radical (unpaired) electrons. The Hall–Kier alpha value is -2.92. The van der Waals surface area contributed by atoms with Crippen LogP contribution in [0.25, 0.3) is 11.2 Å². The van der Waals surface area contributed by atoms with Crippen LogP contribution in [0.2, 0.25) is 0 Å². The summed E-state index contributed by atoms with van der Waals surface area (Å²) in [6.07, 6.45) is -0.699. The van der Waals surface area contributed by atoms with E-state index in [1.54, 1.807) is 6.92 Å². The van der Waals surface area contributed by atoms with Crippen LogP contribution in [0.3, 0.4) is 0 Å². The van der Waals surface area contributed by atoms with Crippen LogP contribution in [-0.2, 0) is 16.0 Å². The number of imidazole rings is 1. The van der Waals surface area contributed by atoms with Gasteiger partial charge in [-0.05, 0) is 12.0 Å². The normalized spacial score (nSPS) is 24.4. The first-order chi connectivity index (χ1) is 15.0. The highest BCUT2D eigenvalue weighted by molar-refractivity contribution is 5.78. The molecule has 164 valence electrons. The summed E-state index contributed by atoms with van der Waals surface area (Å²) >= 11 is 0. The molecule has 1 saturated heterocycles. The largest absolute Gasteiger partial charge is 0.394 e. The van der Waals surface area contributed by atoms with Crippen LogP contribution in [0, 0.1) is 0 Å². The maximum absolute atomic E-state index is 12.2. The van der Waals surface area contributed by atoms with Crippen LogP contribution in [0.15, 0.2) is 43.0 Å². The van der Waals surface area contributed by atoms with Crippen molar-refractivity contribution in [3.8, 4) is 0 Å². The highest BCUT2D eigenvalue weighted by Crippen LogP contribution is 2.32. The number of ether oxygens (including phenoxy) is 1. The Labute approximate surface area is 178 Å². The molecule has 2 aromatic heterocycles. The molecule has 5 atom stereocenters. The molecule has 10 heteroatoms. The molecule has 0 aliphatic carbocycles. The van der Waals surface area contributed by atoms with Gasteiger partial charge < -0.3 is 25.4 Å². The second-order valence-corrected chi connectivity index (χ2v) is 7.48. The second kappa shape index (κ2) is 9.06. The fraction of sp³-hybridized carbons (Fsp3) is 0.429. The van der Waals surface area contributed by atoms with E-state index in [1.165, 1.54) is 17.2 Å². The number of fused-ring (bicyclic) bond motifs is 1. The lowest BCUT2D eigenvalue weighted by atomic mass is 10.0. The van der Waals surface area contributed by atoms with Gasteiger partial charge >= 0.3 is 0 Å². The highest BCUT2D eigenvalue weighted by atomic mass is 16.6. The minimum Gasteiger partial charge on any atom is -0.394 e. The van der Waals surface area contributed by atoms with Crippen molar-refractivity contribution in [2.45, 2.75) is 50.3 Å². The lowest BCUT2D eigenvalue weighted by molar-refractivity contribution is -0.121. The van der Waals surface area contributed by atoms with Crippen LogP contribution < -0.4 is 5.32 Å². The Bertz CT molecular complexity index is 1040. The number of nitrogens with one attached hydrogen (secondary N) is 1. The van der Waals surface area contributed by atoms with E-state index in [2.05, 4.69) is 20.3 Å². The summed E-state index contributed by atoms with van der Waals surface area (Å²) in [5.74, 6) is -0.115. The number of nitrogens with zero attached hydrogens (tertiary/aromatic N) is 4. The lowest BCUT2D eigenvalue weighted by Crippen LogP contribution is -2.33. The molecule has 1 fully saturated rings. The van der Waals surface area contributed by atoms with Gasteiger partial charge in [-0.2, -0.15) is 0 Å². The predicted octanol–water partition coefficient (Wildman–Crippen LogP) is 0.248. The Morgan fingerprint density at radius 2 is 1.97 bits per heavy atom. The molecule has 3 aromatic rings. The van der Waals surface area contributed by atoms with Gasteiger partial charge in [-0.15, -0.1) is 0 Å². The van der Waals surface area contributed by atoms with Gasteiger partial charge in [-0.3, -0.25) is 9.36 Å². The molecule has 0 spiro atoms. The minimum atomic E-state index is -1.26. The highest BCUT2D eigenvalue weighted by Gasteiger charge is 2.44. The fourth-order valence-electron chi connectivity index (χ4n) is 3.78. The molecule has 4 rings (SSSR count). The van der Waals surface area contributed by atoms with Crippen molar-refractivity contribution in [1.82, 2.24) is 24.8 Å². The molecule has 1 amide bonds. The number of carbonyl (C=O) groups excluding carboxylic acids is 1. The fourth-order valence-corrected chi connectivity index (χ4v) is 3.78. The van der Waals surface area contributed by atoms with Crippen LogP contribution in [0.4, 0.5) is 0 Å². The third-order valence-corrected chi connectivity index (χ3v) is 5.45. The SMILES string of the molecule is CCC(=O)NC(Cc1ccccc1)c1ncnc2c1ncn2[C@@H]1O[C@H](CO)[C@@H](O)[C@H]1O. The molecular weight excluding hydrogens is 402 g/mol. The first-order valence-corrected chi connectivity index (χ1v) is 10.2. The van der Waals surface area contributed by atoms with Gasteiger partial charge in [0.05, 0.1) is 24.7 Å². The zero-order valence-corrected chi connectivity index (χ0v) is 17.0. The van der Waals surface area contributed by atoms with Gasteiger partial charge in [0.25, 0.3) is 0 Å². The van der Waals surface area contributed by atoms with Crippen molar-refractivity contribution in [2.75, 3.05) is 6.61 Å². The number of rotatable bonds is 7. The molecule has 31 heavy (non-hydrogen) atoms. The number of amides is 1. The Balaban J connectivity index is 1.72. The minimum absolute atomic E-state index is 0.115. The van der Waals surface area contributed by atoms with Crippen molar-refractivity contribution in [2.24, 2.45) is 0 Å². The molecule has 1 aliphatic heterocycles. The van der Waals surface area contributed by atoms with Crippen molar-refractivity contribution >= 4 is 17.1 Å². The van der Waals surface area contributed by atoms with Crippen molar-refractivity contribution in [1.29, 1.82) is 0 Å². The van der Waals surface area contributed by atoms with Gasteiger partial charge in [-0.25, -0.2) is 15.0 Å². The quantitative estimate of drug-likeness (QED) is 0.420. The van der Waals surface area contributed by atoms with Crippen LogP contribution in [0.5, 0.6) is 0 Å². The van der Waals surface area contributed by atoms with Crippen LogP contribution in [-0.4, -0.2) is 65.7 Å². The van der Waals surface area contributed by atoms with Crippen molar-refractivity contribution in [3.05, 3.63) is 54.2 Å². The molecule has 1 aromatic carbocycles. The average molecular weight is 427 g/mol. The molecule has 10 nitrogen and oxygen atoms in total. The molecule has 1 aliphatic rings. The Morgan fingerprint density at radius 1 is 1.19 bits per heavy atom. The molecule has 0 bridgehead atoms. The van der Waals surface area contributed by atoms with E-state index in [4.69, 9.17) is 4.74 Å². The third kappa shape index (κ3) is 4.15. The zero-order valence-electron chi connectivity index (χ0n) is 17.0. The maximum atomic E-state index is 12.2. The number of benzene rings is 1. The standard InChI is InChI=1S/C21H25N5O5/c1-2-15(28)25-13(8-12-6-4-3-5-7-12)16-17-20(23-10-22-16)26(11-24-17)21-19(30)18(29)14(9-27)31-21/h3-7,10-11,13-14,18-19,21,27,29-30H,2,8-9H2,1H3,(H,25,28)/t13?,14-,18-,19-,21-/m1/s1. The molecule has 3 heterocycles. The number of aliphatic hydroxyl groups excluding tert-OH is 3. The van der Waals surface area contributed by atoms with E-state index < -0.39 is 37.2 Å². The van der Waals surface area contributed by atoms with Gasteiger partial charge in [0.2, 0.25) is 5.91 Å². The van der Waals surface area contributed by atoms with Gasteiger partial charge in [-0.1, -0.05) is 37.3 Å². The summed E-state index contributed by atoms with van der Waals surface area (Å²) in [7, 11) is 0. The van der Waals surface area contributed by atoms with E-state index in [1.807, 2.05) is 30.3 Å². The summed E-state index contributed by atoms with van der Waals surface area (Å²) < 4.78 is 7.11. The van der Waals surface area contributed by atoms with Crippen LogP contribution >= 0.6 is 0 Å². The van der Waals surface area contributed by atoms with E-state index in [-0.39, 0.29) is 5.91 Å². The van der Waals surface area contributed by atoms with Crippen molar-refractivity contribution < 1.29 is 24.9 Å². The number of hydrogen-bond acceptors (Lipinski definition) is 8. The number of aliphatic hydroxyl groups is 3. The topological polar surface area (TPSA) is 143 Å². The first-order valence-electron chi connectivity index (χ1n) is 10.2. The first kappa shape index (κ1) is 21.3. The smallest absolute Gasteiger partial charge is 0.220 e. The summed E-state index contributed by atoms with van der Waals surface area (Å²) in [4.78, 5) is 25.3. The summed E-state index contributed by atoms with van der Waals surface area (Å²) in [6, 6.07) is 9.30. The second-order valence-electron chi connectivity index (χ2n) is 7.48. The Kier molecular flexibility index (Phi) is 6.23. The maximum Gasteiger partial charge on any atom is 0.220 e. The number of carbonyl (C=O) groups is 1. The molecule has 4 N–H and O–H groups in total. The monoisotopic (exact) mass is 427 g/mol. The van der Waals surface area contributed by atoms with E-state index in [0.29, 0.717) is 29.7 Å². The van der Waals surface area contributed by atoms with Crippen molar-refractivity contribution in [3.63, 3.8) is 0 Å². The summed E-state index contributed by atoms with van der Waals surface area (Å²) in [5, 5.41) is 32.8. The molecule has 0 saturated carbocycles. The number of aromatic nitrogens is 4. The van der Waals surface area contributed by atoms with E-state index in [9.17, 15) is 20.1 Å². The van der Waals surface area contributed by atoms with E-state index in [0.717, 1.165) is 5.56 Å². The number of hydrogen-bond donors (Lipinski definition) is 4. The Morgan fingerprint density at radius 3 is 2.65 bits per heavy atom. The summed E-state index contributed by atoms with van der Waals surface area (Å²) in [6.45, 7) is 1.35. The van der Waals surface area contributed by atoms with Gasteiger partial charge in [0, 0.05) is 6.42 Å². The lowest BCUT2D eigenvalue weighted by Gasteiger charge is -2.19. The molecule has 1 unspecified atom stereocenters. The van der Waals surface area contributed by atoms with Gasteiger partial charge in [0.1, 0.15) is 30.2 Å². The summed E-state index contributed by atoms with van der Waals surface area (Å²) in [5.41, 5.74) is 2.42. The predicted molar refractivity (Wildman–Crippen MR) is 110 cm³/mol. The van der Waals surface area contributed by atoms with Crippen LogP contribution in [0.1, 0.15) is 36.9 Å². The van der Waals surface area contributed by atoms with Gasteiger partial charge in [0.15, 0.2) is 11.9 Å². The van der Waals surface area contributed by atoms with E-state index >= 15 is 0 Å².